The van der Waals surface area contributed by atoms with E-state index >= 15 is 0 Å². The predicted octanol–water partition coefficient (Wildman–Crippen LogP) is 6.44. The number of nitrogens with two attached hydrogens (primary N) is 1. The summed E-state index contributed by atoms with van der Waals surface area (Å²) in [5.74, 6) is 2.42. The fourth-order valence-electron chi connectivity index (χ4n) is 3.41. The molecular formula is C22H28Cl2N4OS. The second kappa shape index (κ2) is 10.7. The van der Waals surface area contributed by atoms with Crippen LogP contribution in [0.15, 0.2) is 23.1 Å². The summed E-state index contributed by atoms with van der Waals surface area (Å²) in [6.07, 6.45) is 3.28. The number of nitrogen functional groups attached to an aromatic ring is 1. The monoisotopic (exact) mass is 466 g/mol. The summed E-state index contributed by atoms with van der Waals surface area (Å²) in [7, 11) is 0. The highest BCUT2D eigenvalue weighted by atomic mass is 35.5. The highest BCUT2D eigenvalue weighted by Crippen LogP contribution is 2.30. The van der Waals surface area contributed by atoms with Crippen molar-refractivity contribution in [1.82, 2.24) is 14.5 Å². The van der Waals surface area contributed by atoms with Crippen LogP contribution in [-0.2, 0) is 17.9 Å². The number of rotatable bonds is 10. The molecule has 0 aliphatic carbocycles. The van der Waals surface area contributed by atoms with Crippen LogP contribution < -0.4 is 5.73 Å². The predicted molar refractivity (Wildman–Crippen MR) is 128 cm³/mol. The number of hydrogen-bond donors (Lipinski definition) is 1. The van der Waals surface area contributed by atoms with Crippen LogP contribution in [0.25, 0.3) is 11.0 Å². The van der Waals surface area contributed by atoms with E-state index in [1.54, 1.807) is 17.8 Å². The van der Waals surface area contributed by atoms with Gasteiger partial charge in [-0.3, -0.25) is 0 Å². The van der Waals surface area contributed by atoms with Crippen LogP contribution in [0.3, 0.4) is 0 Å². The molecule has 0 aliphatic heterocycles. The summed E-state index contributed by atoms with van der Waals surface area (Å²) in [4.78, 5) is 10.3. The third-order valence-electron chi connectivity index (χ3n) is 5.09. The molecule has 0 radical (unpaired) electrons. The van der Waals surface area contributed by atoms with Crippen molar-refractivity contribution in [2.75, 3.05) is 18.1 Å². The Kier molecular flexibility index (Phi) is 8.28. The number of imidazole rings is 1. The van der Waals surface area contributed by atoms with E-state index in [0.717, 1.165) is 69.6 Å². The van der Waals surface area contributed by atoms with Gasteiger partial charge in [0.2, 0.25) is 0 Å². The zero-order chi connectivity index (χ0) is 21.7. The standard InChI is InChI=1S/C22H28Cl2N4OS/c1-4-29-13-19-27-20-21(14(2)15(3)26-22(20)25)28(19)10-6-5-7-11-30-18-9-8-16(23)12-17(18)24/h8-9,12H,4-7,10-11,13H2,1-3H3,(H2,25,26). The lowest BCUT2D eigenvalue weighted by molar-refractivity contribution is 0.126. The normalized spacial score (nSPS) is 11.5. The molecule has 0 atom stereocenters. The summed E-state index contributed by atoms with van der Waals surface area (Å²) in [6, 6.07) is 5.65. The molecule has 8 heteroatoms. The molecule has 2 heterocycles. The van der Waals surface area contributed by atoms with E-state index in [2.05, 4.69) is 16.5 Å². The van der Waals surface area contributed by atoms with Crippen LogP contribution in [0.5, 0.6) is 0 Å². The maximum Gasteiger partial charge on any atom is 0.151 e. The summed E-state index contributed by atoms with van der Waals surface area (Å²) in [5.41, 5.74) is 10.1. The van der Waals surface area contributed by atoms with E-state index in [9.17, 15) is 0 Å². The molecule has 2 N–H and O–H groups in total. The van der Waals surface area contributed by atoms with E-state index in [1.807, 2.05) is 26.0 Å². The molecule has 3 rings (SSSR count). The largest absolute Gasteiger partial charge is 0.382 e. The number of halogens is 2. The van der Waals surface area contributed by atoms with Crippen molar-refractivity contribution in [2.24, 2.45) is 0 Å². The van der Waals surface area contributed by atoms with E-state index in [1.165, 1.54) is 0 Å². The van der Waals surface area contributed by atoms with Crippen molar-refractivity contribution >= 4 is 51.8 Å². The van der Waals surface area contributed by atoms with Crippen LogP contribution in [0, 0.1) is 13.8 Å². The molecule has 2 aromatic heterocycles. The van der Waals surface area contributed by atoms with Crippen molar-refractivity contribution in [3.05, 3.63) is 45.3 Å². The van der Waals surface area contributed by atoms with Crippen molar-refractivity contribution in [3.63, 3.8) is 0 Å². The third-order valence-corrected chi connectivity index (χ3v) is 6.91. The highest BCUT2D eigenvalue weighted by molar-refractivity contribution is 7.99. The molecule has 0 fully saturated rings. The number of fused-ring (bicyclic) bond motifs is 1. The van der Waals surface area contributed by atoms with Gasteiger partial charge < -0.3 is 15.0 Å². The van der Waals surface area contributed by atoms with Gasteiger partial charge in [-0.25, -0.2) is 9.97 Å². The molecule has 0 saturated carbocycles. The first-order chi connectivity index (χ1) is 14.4. The van der Waals surface area contributed by atoms with Gasteiger partial charge in [-0.2, -0.15) is 0 Å². The Morgan fingerprint density at radius 1 is 1.13 bits per heavy atom. The molecule has 5 nitrogen and oxygen atoms in total. The molecule has 30 heavy (non-hydrogen) atoms. The SMILES string of the molecule is CCOCc1nc2c(N)nc(C)c(C)c2n1CCCCCSc1ccc(Cl)cc1Cl. The number of hydrogen-bond acceptors (Lipinski definition) is 5. The first-order valence-electron chi connectivity index (χ1n) is 10.2. The van der Waals surface area contributed by atoms with E-state index in [-0.39, 0.29) is 0 Å². The molecule has 162 valence electrons. The van der Waals surface area contributed by atoms with Crippen molar-refractivity contribution in [2.45, 2.75) is 58.1 Å². The van der Waals surface area contributed by atoms with Gasteiger partial charge in [-0.05, 0) is 63.1 Å². The number of pyridine rings is 1. The van der Waals surface area contributed by atoms with Crippen LogP contribution in [0.1, 0.15) is 43.3 Å². The summed E-state index contributed by atoms with van der Waals surface area (Å²) < 4.78 is 7.90. The molecular weight excluding hydrogens is 439 g/mol. The number of thioether (sulfide) groups is 1. The van der Waals surface area contributed by atoms with E-state index in [4.69, 9.17) is 38.7 Å². The van der Waals surface area contributed by atoms with Gasteiger partial charge in [0.15, 0.2) is 5.82 Å². The van der Waals surface area contributed by atoms with Gasteiger partial charge in [0.25, 0.3) is 0 Å². The van der Waals surface area contributed by atoms with E-state index in [0.29, 0.717) is 24.1 Å². The molecule has 3 aromatic rings. The van der Waals surface area contributed by atoms with Gasteiger partial charge >= 0.3 is 0 Å². The lowest BCUT2D eigenvalue weighted by Gasteiger charge is -2.12. The zero-order valence-electron chi connectivity index (χ0n) is 17.7. The Hall–Kier alpha value is -1.47. The van der Waals surface area contributed by atoms with Gasteiger partial charge in [-0.15, -0.1) is 11.8 Å². The summed E-state index contributed by atoms with van der Waals surface area (Å²) in [6.45, 7) is 8.08. The van der Waals surface area contributed by atoms with Gasteiger partial charge in [0, 0.05) is 28.8 Å². The molecule has 0 unspecified atom stereocenters. The van der Waals surface area contributed by atoms with Crippen LogP contribution >= 0.6 is 35.0 Å². The number of anilines is 1. The number of ether oxygens (including phenoxy) is 1. The van der Waals surface area contributed by atoms with E-state index < -0.39 is 0 Å². The van der Waals surface area contributed by atoms with Crippen LogP contribution in [0.2, 0.25) is 10.0 Å². The number of nitrogens with zero attached hydrogens (tertiary/aromatic N) is 3. The minimum Gasteiger partial charge on any atom is -0.382 e. The first-order valence-corrected chi connectivity index (χ1v) is 11.9. The topological polar surface area (TPSA) is 66.0 Å². The third kappa shape index (κ3) is 5.41. The van der Waals surface area contributed by atoms with Crippen LogP contribution in [0.4, 0.5) is 5.82 Å². The number of benzene rings is 1. The number of aromatic nitrogens is 3. The maximum atomic E-state index is 6.25. The average Bonchev–Trinajstić information content (AvgIpc) is 3.07. The Morgan fingerprint density at radius 2 is 1.93 bits per heavy atom. The molecule has 0 saturated heterocycles. The Balaban J connectivity index is 1.63. The fourth-order valence-corrected chi connectivity index (χ4v) is 4.92. The molecule has 0 amide bonds. The Labute approximate surface area is 192 Å². The smallest absolute Gasteiger partial charge is 0.151 e. The minimum atomic E-state index is 0.480. The Bertz CT molecular complexity index is 1020. The quantitative estimate of drug-likeness (QED) is 0.275. The average molecular weight is 467 g/mol. The number of unbranched alkanes of at least 4 members (excludes halogenated alkanes) is 2. The Morgan fingerprint density at radius 3 is 2.67 bits per heavy atom. The van der Waals surface area contributed by atoms with Gasteiger partial charge in [0.1, 0.15) is 17.9 Å². The lowest BCUT2D eigenvalue weighted by Crippen LogP contribution is -2.07. The summed E-state index contributed by atoms with van der Waals surface area (Å²) in [5, 5.41) is 1.39. The molecule has 0 bridgehead atoms. The van der Waals surface area contributed by atoms with Gasteiger partial charge in [-0.1, -0.05) is 29.6 Å². The fraction of sp³-hybridized carbons (Fsp3) is 0.455. The molecule has 0 aliphatic rings. The molecule has 0 spiro atoms. The van der Waals surface area contributed by atoms with Crippen LogP contribution in [-0.4, -0.2) is 26.9 Å². The minimum absolute atomic E-state index is 0.480. The summed E-state index contributed by atoms with van der Waals surface area (Å²) >= 11 is 14.0. The number of aryl methyl sites for hydroxylation is 3. The van der Waals surface area contributed by atoms with Crippen molar-refractivity contribution in [3.8, 4) is 0 Å². The first kappa shape index (κ1) is 23.2. The lowest BCUT2D eigenvalue weighted by atomic mass is 10.2. The second-order valence-electron chi connectivity index (χ2n) is 7.21. The van der Waals surface area contributed by atoms with Gasteiger partial charge in [0.05, 0.1) is 10.5 Å². The second-order valence-corrected chi connectivity index (χ2v) is 9.19. The maximum absolute atomic E-state index is 6.25. The van der Waals surface area contributed by atoms with Crippen molar-refractivity contribution in [1.29, 1.82) is 0 Å². The zero-order valence-corrected chi connectivity index (χ0v) is 20.0. The van der Waals surface area contributed by atoms with Crippen molar-refractivity contribution < 1.29 is 4.74 Å². The molecule has 1 aromatic carbocycles. The highest BCUT2D eigenvalue weighted by Gasteiger charge is 2.17.